The maximum atomic E-state index is 4.34. The van der Waals surface area contributed by atoms with Crippen LogP contribution in [0.1, 0.15) is 13.8 Å². The molecule has 4 heteroatoms. The Kier molecular flexibility index (Phi) is 2.33. The van der Waals surface area contributed by atoms with Gasteiger partial charge in [0.05, 0.1) is 0 Å². The number of nitrogens with one attached hydrogen (secondary N) is 1. The highest BCUT2D eigenvalue weighted by molar-refractivity contribution is 5.53. The number of rotatable bonds is 1. The number of anilines is 1. The average molecular weight is 230 g/mol. The van der Waals surface area contributed by atoms with Crippen molar-refractivity contribution in [3.63, 3.8) is 0 Å². The van der Waals surface area contributed by atoms with Gasteiger partial charge >= 0.3 is 0 Å². The maximum Gasteiger partial charge on any atom is 0.138 e. The summed E-state index contributed by atoms with van der Waals surface area (Å²) in [7, 11) is 0. The first-order valence-electron chi connectivity index (χ1n) is 6.09. The molecule has 90 valence electrons. The number of aromatic nitrogens is 2. The predicted molar refractivity (Wildman–Crippen MR) is 69.5 cm³/mol. The van der Waals surface area contributed by atoms with Gasteiger partial charge in [-0.05, 0) is 26.0 Å². The van der Waals surface area contributed by atoms with Gasteiger partial charge in [-0.2, -0.15) is 0 Å². The molecule has 17 heavy (non-hydrogen) atoms. The third-order valence-corrected chi connectivity index (χ3v) is 3.48. The van der Waals surface area contributed by atoms with Crippen molar-refractivity contribution in [3.8, 4) is 0 Å². The van der Waals surface area contributed by atoms with E-state index in [1.165, 1.54) is 5.82 Å². The first-order valence-corrected chi connectivity index (χ1v) is 6.09. The normalized spacial score (nSPS) is 19.8. The fraction of sp³-hybridized carbons (Fsp3) is 0.462. The van der Waals surface area contributed by atoms with E-state index in [4.69, 9.17) is 0 Å². The average Bonchev–Trinajstić information content (AvgIpc) is 2.76. The number of imidazole rings is 1. The lowest BCUT2D eigenvalue weighted by atomic mass is 10.0. The molecule has 0 radical (unpaired) electrons. The Morgan fingerprint density at radius 2 is 2.24 bits per heavy atom. The number of piperazine rings is 1. The van der Waals surface area contributed by atoms with Gasteiger partial charge in [-0.3, -0.25) is 4.40 Å². The molecule has 0 saturated carbocycles. The summed E-state index contributed by atoms with van der Waals surface area (Å²) < 4.78 is 2.16. The van der Waals surface area contributed by atoms with E-state index in [1.807, 2.05) is 18.5 Å². The van der Waals surface area contributed by atoms with Crippen molar-refractivity contribution in [1.29, 1.82) is 0 Å². The molecule has 0 atom stereocenters. The molecule has 0 aliphatic carbocycles. The van der Waals surface area contributed by atoms with Crippen molar-refractivity contribution in [2.24, 2.45) is 0 Å². The van der Waals surface area contributed by atoms with E-state index in [9.17, 15) is 0 Å². The lowest BCUT2D eigenvalue weighted by Gasteiger charge is -2.44. The van der Waals surface area contributed by atoms with Gasteiger partial charge < -0.3 is 10.2 Å². The lowest BCUT2D eigenvalue weighted by molar-refractivity contribution is 0.377. The first-order chi connectivity index (χ1) is 8.18. The van der Waals surface area contributed by atoms with Crippen LogP contribution in [0.5, 0.6) is 0 Å². The summed E-state index contributed by atoms with van der Waals surface area (Å²) in [6.45, 7) is 7.63. The topological polar surface area (TPSA) is 32.6 Å². The third-order valence-electron chi connectivity index (χ3n) is 3.48. The van der Waals surface area contributed by atoms with Gasteiger partial charge in [-0.25, -0.2) is 4.98 Å². The molecule has 1 aliphatic rings. The summed E-state index contributed by atoms with van der Waals surface area (Å²) in [5.41, 5.74) is 1.15. The van der Waals surface area contributed by atoms with Crippen molar-refractivity contribution in [3.05, 3.63) is 30.6 Å². The number of pyridine rings is 1. The number of hydrogen-bond donors (Lipinski definition) is 1. The Hall–Kier alpha value is -1.55. The van der Waals surface area contributed by atoms with Crippen LogP contribution in [0.15, 0.2) is 30.6 Å². The molecule has 2 aromatic rings. The molecule has 0 aromatic carbocycles. The van der Waals surface area contributed by atoms with E-state index >= 15 is 0 Å². The van der Waals surface area contributed by atoms with E-state index in [2.05, 4.69) is 45.6 Å². The minimum atomic E-state index is 0.136. The molecular weight excluding hydrogens is 212 g/mol. The Morgan fingerprint density at radius 3 is 3.06 bits per heavy atom. The van der Waals surface area contributed by atoms with Crippen molar-refractivity contribution < 1.29 is 0 Å². The fourth-order valence-electron chi connectivity index (χ4n) is 2.56. The van der Waals surface area contributed by atoms with Crippen LogP contribution in [-0.4, -0.2) is 34.6 Å². The highest BCUT2D eigenvalue weighted by atomic mass is 15.3. The molecule has 2 aromatic heterocycles. The van der Waals surface area contributed by atoms with Crippen LogP contribution in [0.3, 0.4) is 0 Å². The Bertz CT molecular complexity index is 529. The molecule has 3 rings (SSSR count). The van der Waals surface area contributed by atoms with Gasteiger partial charge in [-0.15, -0.1) is 0 Å². The molecule has 0 bridgehead atoms. The standard InChI is InChI=1S/C13H18N4/c1-13(2)10-14-6-9-17(13)12-5-3-4-11-15-7-8-16(11)12/h3-5,7-8,14H,6,9-10H2,1-2H3. The number of hydrogen-bond acceptors (Lipinski definition) is 3. The Morgan fingerprint density at radius 1 is 1.35 bits per heavy atom. The van der Waals surface area contributed by atoms with Crippen molar-refractivity contribution in [2.75, 3.05) is 24.5 Å². The van der Waals surface area contributed by atoms with Crippen LogP contribution in [0.25, 0.3) is 5.65 Å². The van der Waals surface area contributed by atoms with Crippen LogP contribution >= 0.6 is 0 Å². The summed E-state index contributed by atoms with van der Waals surface area (Å²) in [6, 6.07) is 6.29. The van der Waals surface area contributed by atoms with E-state index < -0.39 is 0 Å². The van der Waals surface area contributed by atoms with Crippen LogP contribution in [0, 0.1) is 0 Å². The largest absolute Gasteiger partial charge is 0.350 e. The smallest absolute Gasteiger partial charge is 0.138 e. The minimum absolute atomic E-state index is 0.136. The molecule has 0 unspecified atom stereocenters. The molecule has 1 saturated heterocycles. The van der Waals surface area contributed by atoms with E-state index in [0.29, 0.717) is 0 Å². The third kappa shape index (κ3) is 1.69. The monoisotopic (exact) mass is 230 g/mol. The molecule has 4 nitrogen and oxygen atoms in total. The quantitative estimate of drug-likeness (QED) is 0.806. The summed E-state index contributed by atoms with van der Waals surface area (Å²) in [5.74, 6) is 1.23. The zero-order valence-corrected chi connectivity index (χ0v) is 10.3. The summed E-state index contributed by atoms with van der Waals surface area (Å²) in [6.07, 6.45) is 3.89. The number of fused-ring (bicyclic) bond motifs is 1. The SMILES string of the molecule is CC1(C)CNCCN1c1cccc2nccn12. The van der Waals surface area contributed by atoms with Gasteiger partial charge in [0, 0.05) is 37.6 Å². The zero-order valence-electron chi connectivity index (χ0n) is 10.3. The molecule has 1 N–H and O–H groups in total. The molecule has 0 spiro atoms. The second-order valence-corrected chi connectivity index (χ2v) is 5.18. The maximum absolute atomic E-state index is 4.34. The van der Waals surface area contributed by atoms with Crippen LogP contribution < -0.4 is 10.2 Å². The Balaban J connectivity index is 2.11. The highest BCUT2D eigenvalue weighted by Gasteiger charge is 2.30. The minimum Gasteiger partial charge on any atom is -0.350 e. The second kappa shape index (κ2) is 3.74. The second-order valence-electron chi connectivity index (χ2n) is 5.18. The van der Waals surface area contributed by atoms with Crippen LogP contribution in [-0.2, 0) is 0 Å². The van der Waals surface area contributed by atoms with Gasteiger partial charge in [0.15, 0.2) is 0 Å². The van der Waals surface area contributed by atoms with Gasteiger partial charge in [0.25, 0.3) is 0 Å². The van der Waals surface area contributed by atoms with Gasteiger partial charge in [0.2, 0.25) is 0 Å². The van der Waals surface area contributed by atoms with Gasteiger partial charge in [0.1, 0.15) is 11.5 Å². The summed E-state index contributed by atoms with van der Waals surface area (Å²) >= 11 is 0. The zero-order chi connectivity index (χ0) is 11.9. The van der Waals surface area contributed by atoms with E-state index in [1.54, 1.807) is 0 Å². The number of nitrogens with zero attached hydrogens (tertiary/aromatic N) is 3. The lowest BCUT2D eigenvalue weighted by Crippen LogP contribution is -2.58. The predicted octanol–water partition coefficient (Wildman–Crippen LogP) is 1.52. The van der Waals surface area contributed by atoms with E-state index in [-0.39, 0.29) is 5.54 Å². The first kappa shape index (κ1) is 10.6. The summed E-state index contributed by atoms with van der Waals surface area (Å²) in [5, 5.41) is 3.45. The van der Waals surface area contributed by atoms with Crippen molar-refractivity contribution >= 4 is 11.5 Å². The molecule has 1 fully saturated rings. The molecule has 3 heterocycles. The molecule has 1 aliphatic heterocycles. The highest BCUT2D eigenvalue weighted by Crippen LogP contribution is 2.25. The summed E-state index contributed by atoms with van der Waals surface area (Å²) in [4.78, 5) is 6.80. The molecule has 0 amide bonds. The van der Waals surface area contributed by atoms with Crippen LogP contribution in [0.4, 0.5) is 5.82 Å². The van der Waals surface area contributed by atoms with Crippen LogP contribution in [0.2, 0.25) is 0 Å². The van der Waals surface area contributed by atoms with E-state index in [0.717, 1.165) is 25.3 Å². The van der Waals surface area contributed by atoms with Gasteiger partial charge in [-0.1, -0.05) is 6.07 Å². The Labute approximate surface area is 101 Å². The van der Waals surface area contributed by atoms with Crippen molar-refractivity contribution in [2.45, 2.75) is 19.4 Å². The van der Waals surface area contributed by atoms with Crippen molar-refractivity contribution in [1.82, 2.24) is 14.7 Å². The molecular formula is C13H18N4. The fourth-order valence-corrected chi connectivity index (χ4v) is 2.56.